The molecule has 2 aromatic carbocycles. The van der Waals surface area contributed by atoms with E-state index in [-0.39, 0.29) is 17.9 Å². The van der Waals surface area contributed by atoms with E-state index in [2.05, 4.69) is 5.32 Å². The van der Waals surface area contributed by atoms with E-state index in [1.54, 1.807) is 30.9 Å². The molecule has 0 heterocycles. The van der Waals surface area contributed by atoms with Crippen LogP contribution in [0.2, 0.25) is 0 Å². The van der Waals surface area contributed by atoms with Crippen molar-refractivity contribution in [1.82, 2.24) is 10.2 Å². The second-order valence-corrected chi connectivity index (χ2v) is 9.37. The lowest BCUT2D eigenvalue weighted by Gasteiger charge is -2.30. The summed E-state index contributed by atoms with van der Waals surface area (Å²) in [6, 6.07) is 15.1. The molecule has 7 heteroatoms. The zero-order valence-electron chi connectivity index (χ0n) is 19.7. The number of hydrogen-bond donors (Lipinski definition) is 1. The Hall–Kier alpha value is -2.67. The maximum absolute atomic E-state index is 13.2. The number of methoxy groups -OCH3 is 2. The Morgan fingerprint density at radius 1 is 1.03 bits per heavy atom. The summed E-state index contributed by atoms with van der Waals surface area (Å²) in [5.74, 6) is 2.43. The van der Waals surface area contributed by atoms with Crippen LogP contribution in [0, 0.1) is 0 Å². The van der Waals surface area contributed by atoms with Gasteiger partial charge in [0.2, 0.25) is 11.8 Å². The minimum absolute atomic E-state index is 0.0506. The minimum atomic E-state index is -0.550. The van der Waals surface area contributed by atoms with Crippen LogP contribution in [-0.2, 0) is 21.9 Å². The second-order valence-electron chi connectivity index (χ2n) is 8.38. The first-order chi connectivity index (χ1) is 16.0. The Balaban J connectivity index is 1.65. The van der Waals surface area contributed by atoms with Crippen molar-refractivity contribution in [1.29, 1.82) is 0 Å². The van der Waals surface area contributed by atoms with Gasteiger partial charge in [0, 0.05) is 18.3 Å². The fourth-order valence-electron chi connectivity index (χ4n) is 4.00. The Labute approximate surface area is 201 Å². The van der Waals surface area contributed by atoms with Crippen molar-refractivity contribution in [3.8, 4) is 11.5 Å². The summed E-state index contributed by atoms with van der Waals surface area (Å²) in [5.41, 5.74) is 2.06. The number of carbonyl (C=O) groups excluding carboxylic acids is 2. The minimum Gasteiger partial charge on any atom is -0.497 e. The number of carbonyl (C=O) groups is 2. The molecule has 2 amide bonds. The molecule has 0 bridgehead atoms. The number of benzene rings is 2. The molecular weight excluding hydrogens is 436 g/mol. The molecule has 1 atom stereocenters. The number of ether oxygens (including phenoxy) is 2. The predicted octanol–water partition coefficient (Wildman–Crippen LogP) is 4.41. The van der Waals surface area contributed by atoms with Crippen LogP contribution in [0.25, 0.3) is 0 Å². The first-order valence-electron chi connectivity index (χ1n) is 11.4. The molecule has 1 aliphatic carbocycles. The Kier molecular flexibility index (Phi) is 9.48. The van der Waals surface area contributed by atoms with Crippen molar-refractivity contribution in [2.75, 3.05) is 20.0 Å². The number of amides is 2. The first kappa shape index (κ1) is 25.0. The number of nitrogens with one attached hydrogen (secondary N) is 1. The number of rotatable bonds is 11. The van der Waals surface area contributed by atoms with Crippen molar-refractivity contribution in [3.05, 3.63) is 59.7 Å². The van der Waals surface area contributed by atoms with E-state index in [1.165, 1.54) is 0 Å². The molecule has 33 heavy (non-hydrogen) atoms. The molecule has 0 saturated heterocycles. The molecule has 2 aromatic rings. The van der Waals surface area contributed by atoms with Crippen molar-refractivity contribution < 1.29 is 19.1 Å². The van der Waals surface area contributed by atoms with Crippen LogP contribution in [-0.4, -0.2) is 48.8 Å². The van der Waals surface area contributed by atoms with Gasteiger partial charge in [0.25, 0.3) is 0 Å². The highest BCUT2D eigenvalue weighted by molar-refractivity contribution is 7.99. The largest absolute Gasteiger partial charge is 0.497 e. The molecule has 6 nitrogen and oxygen atoms in total. The van der Waals surface area contributed by atoms with Crippen LogP contribution in [0.3, 0.4) is 0 Å². The fraction of sp³-hybridized carbons (Fsp3) is 0.462. The average molecular weight is 471 g/mol. The van der Waals surface area contributed by atoms with Gasteiger partial charge >= 0.3 is 0 Å². The predicted molar refractivity (Wildman–Crippen MR) is 133 cm³/mol. The summed E-state index contributed by atoms with van der Waals surface area (Å²) < 4.78 is 10.5. The molecule has 1 fully saturated rings. The molecule has 178 valence electrons. The third-order valence-electron chi connectivity index (χ3n) is 6.01. The number of hydrogen-bond acceptors (Lipinski definition) is 5. The van der Waals surface area contributed by atoms with Crippen LogP contribution in [0.15, 0.2) is 48.5 Å². The van der Waals surface area contributed by atoms with E-state index < -0.39 is 6.04 Å². The van der Waals surface area contributed by atoms with E-state index in [1.807, 2.05) is 55.5 Å². The third kappa shape index (κ3) is 7.42. The molecule has 0 aromatic heterocycles. The topological polar surface area (TPSA) is 67.9 Å². The van der Waals surface area contributed by atoms with Gasteiger partial charge in [0.1, 0.15) is 17.5 Å². The zero-order valence-corrected chi connectivity index (χ0v) is 20.5. The molecule has 1 aliphatic rings. The van der Waals surface area contributed by atoms with E-state index in [0.717, 1.165) is 48.3 Å². The summed E-state index contributed by atoms with van der Waals surface area (Å²) in [5, 5.41) is 3.14. The first-order valence-corrected chi connectivity index (χ1v) is 12.6. The second kappa shape index (κ2) is 12.5. The zero-order chi connectivity index (χ0) is 23.6. The van der Waals surface area contributed by atoms with E-state index >= 15 is 0 Å². The maximum Gasteiger partial charge on any atom is 0.242 e. The highest BCUT2D eigenvalue weighted by atomic mass is 32.2. The Bertz CT molecular complexity index is 913. The fourth-order valence-corrected chi connectivity index (χ4v) is 4.87. The summed E-state index contributed by atoms with van der Waals surface area (Å²) in [6.07, 6.45) is 4.32. The summed E-state index contributed by atoms with van der Waals surface area (Å²) in [7, 11) is 3.26. The van der Waals surface area contributed by atoms with Crippen molar-refractivity contribution in [2.24, 2.45) is 0 Å². The van der Waals surface area contributed by atoms with Crippen LogP contribution in [0.1, 0.15) is 43.7 Å². The summed E-state index contributed by atoms with van der Waals surface area (Å²) >= 11 is 1.55. The van der Waals surface area contributed by atoms with Crippen LogP contribution < -0.4 is 14.8 Å². The standard InChI is InChI=1S/C26H34N2O4S/c1-19(26(30)27-22-8-4-5-9-22)28(16-21-7-6-10-24(15-21)32-3)25(29)18-33-17-20-11-13-23(31-2)14-12-20/h6-7,10-15,19,22H,4-5,8-9,16-18H2,1-3H3,(H,27,30)/t19-/m0/s1. The molecule has 0 unspecified atom stereocenters. The van der Waals surface area contributed by atoms with Gasteiger partial charge in [-0.25, -0.2) is 0 Å². The van der Waals surface area contributed by atoms with Gasteiger partial charge in [0.15, 0.2) is 0 Å². The summed E-state index contributed by atoms with van der Waals surface area (Å²) in [6.45, 7) is 2.18. The smallest absolute Gasteiger partial charge is 0.242 e. The molecule has 1 saturated carbocycles. The Morgan fingerprint density at radius 2 is 1.73 bits per heavy atom. The van der Waals surface area contributed by atoms with Crippen LogP contribution in [0.5, 0.6) is 11.5 Å². The van der Waals surface area contributed by atoms with Gasteiger partial charge in [-0.15, -0.1) is 11.8 Å². The highest BCUT2D eigenvalue weighted by Gasteiger charge is 2.28. The van der Waals surface area contributed by atoms with Gasteiger partial charge in [-0.05, 0) is 55.2 Å². The molecule has 3 rings (SSSR count). The Morgan fingerprint density at radius 3 is 2.39 bits per heavy atom. The van der Waals surface area contributed by atoms with Crippen LogP contribution in [0.4, 0.5) is 0 Å². The molecule has 1 N–H and O–H groups in total. The average Bonchev–Trinajstić information content (AvgIpc) is 3.35. The lowest BCUT2D eigenvalue weighted by molar-refractivity contribution is -0.138. The van der Waals surface area contributed by atoms with Gasteiger partial charge in [-0.2, -0.15) is 0 Å². The van der Waals surface area contributed by atoms with Gasteiger partial charge in [-0.3, -0.25) is 9.59 Å². The highest BCUT2D eigenvalue weighted by Crippen LogP contribution is 2.21. The molecule has 0 spiro atoms. The number of nitrogens with zero attached hydrogens (tertiary/aromatic N) is 1. The van der Waals surface area contributed by atoms with Crippen molar-refractivity contribution in [3.63, 3.8) is 0 Å². The van der Waals surface area contributed by atoms with Gasteiger partial charge < -0.3 is 19.7 Å². The molecule has 0 radical (unpaired) electrons. The monoisotopic (exact) mass is 470 g/mol. The lowest BCUT2D eigenvalue weighted by Crippen LogP contribution is -2.50. The van der Waals surface area contributed by atoms with Crippen molar-refractivity contribution >= 4 is 23.6 Å². The maximum atomic E-state index is 13.2. The van der Waals surface area contributed by atoms with E-state index in [4.69, 9.17) is 9.47 Å². The summed E-state index contributed by atoms with van der Waals surface area (Å²) in [4.78, 5) is 27.9. The normalized spacial score (nSPS) is 14.5. The quantitative estimate of drug-likeness (QED) is 0.527. The van der Waals surface area contributed by atoms with Crippen LogP contribution >= 0.6 is 11.8 Å². The van der Waals surface area contributed by atoms with E-state index in [0.29, 0.717) is 18.1 Å². The van der Waals surface area contributed by atoms with E-state index in [9.17, 15) is 9.59 Å². The van der Waals surface area contributed by atoms with Gasteiger partial charge in [-0.1, -0.05) is 37.1 Å². The third-order valence-corrected chi connectivity index (χ3v) is 7.00. The van der Waals surface area contributed by atoms with Gasteiger partial charge in [0.05, 0.1) is 20.0 Å². The van der Waals surface area contributed by atoms with Crippen molar-refractivity contribution in [2.45, 2.75) is 57.0 Å². The SMILES string of the molecule is COc1ccc(CSCC(=O)N(Cc2cccc(OC)c2)[C@@H](C)C(=O)NC2CCCC2)cc1. The molecular formula is C26H34N2O4S. The molecule has 0 aliphatic heterocycles. The lowest BCUT2D eigenvalue weighted by atomic mass is 10.1. The number of thioether (sulfide) groups is 1.